The van der Waals surface area contributed by atoms with Crippen LogP contribution in [0, 0.1) is 6.92 Å². The smallest absolute Gasteiger partial charge is 0.276 e. The van der Waals surface area contributed by atoms with Gasteiger partial charge in [-0.2, -0.15) is 10.3 Å². The molecule has 0 saturated carbocycles. The van der Waals surface area contributed by atoms with Crippen molar-refractivity contribution in [1.29, 1.82) is 0 Å². The molecular weight excluding hydrogens is 366 g/mol. The van der Waals surface area contributed by atoms with Crippen molar-refractivity contribution in [1.82, 2.24) is 30.4 Å². The number of aromatic nitrogens is 6. The van der Waals surface area contributed by atoms with Gasteiger partial charge in [0.2, 0.25) is 5.82 Å². The van der Waals surface area contributed by atoms with Crippen LogP contribution < -0.4 is 5.32 Å². The van der Waals surface area contributed by atoms with E-state index in [4.69, 9.17) is 0 Å². The first-order valence-corrected chi connectivity index (χ1v) is 9.53. The fraction of sp³-hybridized carbons (Fsp3) is 0.190. The maximum absolute atomic E-state index is 13.1. The van der Waals surface area contributed by atoms with E-state index in [1.54, 1.807) is 0 Å². The Morgan fingerprint density at radius 2 is 1.93 bits per heavy atom. The monoisotopic (exact) mass is 385 g/mol. The molecule has 1 amide bonds. The summed E-state index contributed by atoms with van der Waals surface area (Å²) in [6.07, 6.45) is 2.80. The van der Waals surface area contributed by atoms with E-state index in [-0.39, 0.29) is 5.91 Å². The predicted octanol–water partition coefficient (Wildman–Crippen LogP) is 3.10. The first kappa shape index (κ1) is 17.3. The quantitative estimate of drug-likeness (QED) is 0.562. The zero-order chi connectivity index (χ0) is 19.8. The molecule has 2 aromatic heterocycles. The van der Waals surface area contributed by atoms with Gasteiger partial charge in [0.05, 0.1) is 11.4 Å². The van der Waals surface area contributed by atoms with E-state index in [1.807, 2.05) is 41.1 Å². The lowest BCUT2D eigenvalue weighted by molar-refractivity contribution is 0.102. The number of carbonyl (C=O) groups is 1. The fourth-order valence-corrected chi connectivity index (χ4v) is 3.76. The molecule has 2 aromatic carbocycles. The van der Waals surface area contributed by atoms with Gasteiger partial charge in [-0.15, -0.1) is 10.2 Å². The van der Waals surface area contributed by atoms with Crippen molar-refractivity contribution < 1.29 is 4.79 Å². The van der Waals surface area contributed by atoms with E-state index in [0.29, 0.717) is 22.8 Å². The maximum atomic E-state index is 13.1. The Morgan fingerprint density at radius 1 is 1.10 bits per heavy atom. The van der Waals surface area contributed by atoms with Gasteiger partial charge in [-0.3, -0.25) is 4.79 Å². The maximum Gasteiger partial charge on any atom is 0.276 e. The standard InChI is InChI=1S/C21H19N7O/c1-13-9-11-14(12-10-13)28-18-8-4-6-16(18)19(25-28)21(29)22-17-7-3-2-5-15(17)20-23-26-27-24-20/h2-3,5,7,9-12H,4,6,8H2,1H3,(H,22,29)(H,23,24,26,27). The van der Waals surface area contributed by atoms with Crippen LogP contribution in [0.2, 0.25) is 0 Å². The van der Waals surface area contributed by atoms with Crippen molar-refractivity contribution in [3.05, 3.63) is 71.0 Å². The minimum absolute atomic E-state index is 0.232. The molecule has 8 heteroatoms. The normalized spacial score (nSPS) is 12.7. The SMILES string of the molecule is Cc1ccc(-n2nc(C(=O)Nc3ccccc3-c3nn[nH]n3)c3c2CCC3)cc1. The van der Waals surface area contributed by atoms with Crippen LogP contribution in [0.4, 0.5) is 5.69 Å². The molecule has 0 atom stereocenters. The van der Waals surface area contributed by atoms with Crippen LogP contribution in [0.15, 0.2) is 48.5 Å². The number of para-hydroxylation sites is 1. The third-order valence-corrected chi connectivity index (χ3v) is 5.19. The van der Waals surface area contributed by atoms with Crippen molar-refractivity contribution in [2.75, 3.05) is 5.32 Å². The number of aryl methyl sites for hydroxylation is 1. The highest BCUT2D eigenvalue weighted by atomic mass is 16.2. The fourth-order valence-electron chi connectivity index (χ4n) is 3.76. The molecule has 1 aliphatic rings. The number of hydrogen-bond acceptors (Lipinski definition) is 5. The molecule has 4 aromatic rings. The van der Waals surface area contributed by atoms with Crippen LogP contribution in [0.3, 0.4) is 0 Å². The molecule has 0 radical (unpaired) electrons. The average molecular weight is 385 g/mol. The molecular formula is C21H19N7O. The average Bonchev–Trinajstić information content (AvgIpc) is 3.47. The lowest BCUT2D eigenvalue weighted by Gasteiger charge is -2.08. The van der Waals surface area contributed by atoms with Crippen molar-refractivity contribution in [2.45, 2.75) is 26.2 Å². The minimum atomic E-state index is -0.232. The molecule has 0 fully saturated rings. The van der Waals surface area contributed by atoms with Gasteiger partial charge in [-0.1, -0.05) is 29.8 Å². The van der Waals surface area contributed by atoms with Crippen LogP contribution in [0.25, 0.3) is 17.1 Å². The van der Waals surface area contributed by atoms with E-state index in [1.165, 1.54) is 5.56 Å². The van der Waals surface area contributed by atoms with E-state index >= 15 is 0 Å². The Labute approximate surface area is 167 Å². The predicted molar refractivity (Wildman–Crippen MR) is 108 cm³/mol. The zero-order valence-corrected chi connectivity index (χ0v) is 15.9. The lowest BCUT2D eigenvalue weighted by atomic mass is 10.1. The number of hydrogen-bond donors (Lipinski definition) is 2. The third kappa shape index (κ3) is 3.08. The number of benzene rings is 2. The molecule has 29 heavy (non-hydrogen) atoms. The number of aromatic amines is 1. The number of fused-ring (bicyclic) bond motifs is 1. The van der Waals surface area contributed by atoms with E-state index in [0.717, 1.165) is 36.2 Å². The molecule has 2 heterocycles. The number of carbonyl (C=O) groups excluding carboxylic acids is 1. The largest absolute Gasteiger partial charge is 0.320 e. The Bertz CT molecular complexity index is 1180. The van der Waals surface area contributed by atoms with Crippen LogP contribution in [0.5, 0.6) is 0 Å². The van der Waals surface area contributed by atoms with Gasteiger partial charge in [-0.05, 0) is 55.7 Å². The molecule has 0 saturated heterocycles. The van der Waals surface area contributed by atoms with Crippen molar-refractivity contribution in [2.24, 2.45) is 0 Å². The molecule has 144 valence electrons. The second-order valence-corrected chi connectivity index (χ2v) is 7.11. The highest BCUT2D eigenvalue weighted by molar-refractivity contribution is 6.06. The first-order chi connectivity index (χ1) is 14.2. The molecule has 5 rings (SSSR count). The Balaban J connectivity index is 1.51. The van der Waals surface area contributed by atoms with Gasteiger partial charge < -0.3 is 5.32 Å². The number of rotatable bonds is 4. The summed E-state index contributed by atoms with van der Waals surface area (Å²) in [6.45, 7) is 2.05. The lowest BCUT2D eigenvalue weighted by Crippen LogP contribution is -2.15. The van der Waals surface area contributed by atoms with E-state index in [9.17, 15) is 4.79 Å². The number of nitrogens with zero attached hydrogens (tertiary/aromatic N) is 5. The van der Waals surface area contributed by atoms with E-state index in [2.05, 4.69) is 50.1 Å². The molecule has 0 bridgehead atoms. The zero-order valence-electron chi connectivity index (χ0n) is 15.9. The Hall–Kier alpha value is -3.81. The first-order valence-electron chi connectivity index (χ1n) is 9.53. The number of tetrazole rings is 1. The summed E-state index contributed by atoms with van der Waals surface area (Å²) in [5, 5.41) is 21.7. The van der Waals surface area contributed by atoms with Crippen molar-refractivity contribution >= 4 is 11.6 Å². The number of anilines is 1. The summed E-state index contributed by atoms with van der Waals surface area (Å²) in [5.41, 5.74) is 6.10. The van der Waals surface area contributed by atoms with Gasteiger partial charge in [0.15, 0.2) is 5.69 Å². The van der Waals surface area contributed by atoms with Gasteiger partial charge in [0.25, 0.3) is 5.91 Å². The van der Waals surface area contributed by atoms with Gasteiger partial charge in [0.1, 0.15) is 0 Å². The highest BCUT2D eigenvalue weighted by Crippen LogP contribution is 2.30. The summed E-state index contributed by atoms with van der Waals surface area (Å²) < 4.78 is 1.90. The topological polar surface area (TPSA) is 101 Å². The van der Waals surface area contributed by atoms with E-state index < -0.39 is 0 Å². The summed E-state index contributed by atoms with van der Waals surface area (Å²) in [7, 11) is 0. The highest BCUT2D eigenvalue weighted by Gasteiger charge is 2.27. The summed E-state index contributed by atoms with van der Waals surface area (Å²) in [4.78, 5) is 13.1. The number of H-pyrrole nitrogens is 1. The number of amides is 1. The van der Waals surface area contributed by atoms with Crippen LogP contribution in [0.1, 0.15) is 33.7 Å². The minimum Gasteiger partial charge on any atom is -0.320 e. The third-order valence-electron chi connectivity index (χ3n) is 5.19. The Morgan fingerprint density at radius 3 is 2.72 bits per heavy atom. The summed E-state index contributed by atoms with van der Waals surface area (Å²) >= 11 is 0. The van der Waals surface area contributed by atoms with Crippen LogP contribution >= 0.6 is 0 Å². The molecule has 8 nitrogen and oxygen atoms in total. The van der Waals surface area contributed by atoms with Crippen LogP contribution in [-0.2, 0) is 12.8 Å². The van der Waals surface area contributed by atoms with Gasteiger partial charge in [0, 0.05) is 16.8 Å². The second kappa shape index (κ2) is 6.97. The van der Waals surface area contributed by atoms with Gasteiger partial charge >= 0.3 is 0 Å². The van der Waals surface area contributed by atoms with Crippen LogP contribution in [-0.4, -0.2) is 36.3 Å². The molecule has 0 aliphatic heterocycles. The van der Waals surface area contributed by atoms with Crippen molar-refractivity contribution in [3.8, 4) is 17.1 Å². The van der Waals surface area contributed by atoms with Crippen molar-refractivity contribution in [3.63, 3.8) is 0 Å². The molecule has 0 spiro atoms. The van der Waals surface area contributed by atoms with Gasteiger partial charge in [-0.25, -0.2) is 4.68 Å². The summed E-state index contributed by atoms with van der Waals surface area (Å²) in [5.74, 6) is 0.196. The Kier molecular flexibility index (Phi) is 4.16. The summed E-state index contributed by atoms with van der Waals surface area (Å²) in [6, 6.07) is 15.6. The molecule has 2 N–H and O–H groups in total. The molecule has 0 unspecified atom stereocenters. The second-order valence-electron chi connectivity index (χ2n) is 7.11. The molecule has 1 aliphatic carbocycles. The number of nitrogens with one attached hydrogen (secondary N) is 2.